The summed E-state index contributed by atoms with van der Waals surface area (Å²) in [5, 5.41) is 0. The summed E-state index contributed by atoms with van der Waals surface area (Å²) in [5.41, 5.74) is 20.5. The molecule has 3 aliphatic rings. The number of rotatable bonds is 19. The minimum atomic E-state index is -1.77. The van der Waals surface area contributed by atoms with E-state index in [1.165, 1.54) is 67.1 Å². The predicted molar refractivity (Wildman–Crippen MR) is 486 cm³/mol. The maximum absolute atomic E-state index is 5.82. The molecule has 15 heteroatoms. The van der Waals surface area contributed by atoms with E-state index in [2.05, 4.69) is 291 Å². The van der Waals surface area contributed by atoms with Crippen molar-refractivity contribution in [3.05, 3.63) is 305 Å². The average Bonchev–Trinajstić information content (AvgIpc) is 1.61. The van der Waals surface area contributed by atoms with Gasteiger partial charge < -0.3 is 14.7 Å². The Morgan fingerprint density at radius 2 is 0.593 bits per heavy atom. The van der Waals surface area contributed by atoms with Crippen molar-refractivity contribution in [2.75, 3.05) is 14.7 Å². The first-order chi connectivity index (χ1) is 53.3. The fraction of sp³-hybridized carbons (Fsp3) is 0.388. The van der Waals surface area contributed by atoms with Crippen molar-refractivity contribution in [3.8, 4) is 17.2 Å². The molecule has 6 nitrogen and oxygen atoms in total. The number of ether oxygens (including phenoxy) is 3. The fourth-order valence-corrected chi connectivity index (χ4v) is 21.4. The standard InChI is InChI=1S/2C23H30N.C22H28N.3C10H12O.6ClH.3Ru/c1-17(2)20-14-10-11-18(3)21(20)24-16-23(6,15-22(24,4)5)19-12-8-7-9-13-19;1-6-18-12-11-13-19(7-2)21(18)24-17-23(5,16-22(24,3)4)20-14-9-8-10-15-20;1-6-18-12-10-11-17(2)20(18)23-16-22(5,15-21(23,3)4)19-13-8-7-9-14-19;3*1-8(2)11-10-7-5-4-6-9(10)3;;;;;;;;;/h7-14,16-17H,15H2,1-6H3;8-15,17H,6-7,16H2,1-5H3;7-14,16H,6,15H2,1-5H3;3*3-8H,1-2H3;6*1H;;;/q3*-1;;;;;;;;;;3*+2/p-6. The molecular formula is C98H124Cl6N3O3Ru3-3. The van der Waals surface area contributed by atoms with Gasteiger partial charge in [-0.3, -0.25) is 0 Å². The van der Waals surface area contributed by atoms with Gasteiger partial charge in [-0.2, -0.15) is 0 Å². The minimum Gasteiger partial charge on any atom is -0.517 e. The Kier molecular flexibility index (Phi) is 36.7. The molecule has 0 radical (unpaired) electrons. The van der Waals surface area contributed by atoms with Gasteiger partial charge in [0.05, 0.1) is 0 Å². The van der Waals surface area contributed by atoms with Crippen LogP contribution >= 0.6 is 58.1 Å². The van der Waals surface area contributed by atoms with Crippen LogP contribution in [0, 0.1) is 33.5 Å². The first kappa shape index (κ1) is 95.1. The summed E-state index contributed by atoms with van der Waals surface area (Å²) in [4.78, 5) is 7.65. The number of hydrogen-bond donors (Lipinski definition) is 0. The van der Waals surface area contributed by atoms with Gasteiger partial charge in [0.2, 0.25) is 0 Å². The Morgan fingerprint density at radius 1 is 0.336 bits per heavy atom. The van der Waals surface area contributed by atoms with E-state index >= 15 is 0 Å². The predicted octanol–water partition coefficient (Wildman–Crippen LogP) is 28.5. The molecule has 0 aromatic heterocycles. The molecule has 0 amide bonds. The van der Waals surface area contributed by atoms with Crippen LogP contribution in [0.3, 0.4) is 0 Å². The summed E-state index contributed by atoms with van der Waals surface area (Å²) >= 11 is -5.31. The van der Waals surface area contributed by atoms with E-state index in [4.69, 9.17) is 72.4 Å². The van der Waals surface area contributed by atoms with Crippen LogP contribution in [0.2, 0.25) is 0 Å². The SMILES string of the molecule is CC(C)Oc1ccccc1[CH]=[Ru]([Cl])[Cl].CC(C)Oc1ccccc1[CH]=[Ru]([Cl])[Cl].CC(C)Oc1ccccc1[CH]=[Ru]([Cl])[Cl].CCc1cccc(C)c1N1[CH-]C(C)(c2ccccc2)CC1(C)C.CCc1cccc(CC)c1N1[CH-]C(C)(c2ccccc2)CC1(C)C.Cc1cccc(C(C)C)c1N1[CH-]C(C)(c2ccccc2)CC1(C)C. The van der Waals surface area contributed by atoms with Crippen molar-refractivity contribution in [2.24, 2.45) is 0 Å². The van der Waals surface area contributed by atoms with Crippen LogP contribution in [-0.4, -0.2) is 48.8 Å². The Balaban J connectivity index is 0.000000191. The van der Waals surface area contributed by atoms with Gasteiger partial charge in [-0.25, -0.2) is 19.6 Å². The summed E-state index contributed by atoms with van der Waals surface area (Å²) in [6.07, 6.45) is 7.09. The van der Waals surface area contributed by atoms with Crippen LogP contribution < -0.4 is 28.9 Å². The minimum absolute atomic E-state index is 0.0707. The summed E-state index contributed by atoms with van der Waals surface area (Å²) in [5.74, 6) is 3.07. The van der Waals surface area contributed by atoms with Crippen molar-refractivity contribution >= 4 is 89.0 Å². The quantitative estimate of drug-likeness (QED) is 0.0593. The van der Waals surface area contributed by atoms with Gasteiger partial charge >= 0.3 is 293 Å². The number of para-hydroxylation sites is 6. The number of benzene rings is 9. The molecule has 3 fully saturated rings. The zero-order chi connectivity index (χ0) is 83.2. The first-order valence-corrected chi connectivity index (χ1v) is 55.9. The smallest absolute Gasteiger partial charge is 0.0140 e. The summed E-state index contributed by atoms with van der Waals surface area (Å²) in [6.45, 7) is 56.5. The van der Waals surface area contributed by atoms with Gasteiger partial charge in [0.1, 0.15) is 0 Å². The molecule has 618 valence electrons. The molecule has 3 heterocycles. The summed E-state index contributed by atoms with van der Waals surface area (Å²) < 4.78 is 22.5. The van der Waals surface area contributed by atoms with Gasteiger partial charge in [-0.1, -0.05) is 218 Å². The molecule has 12 rings (SSSR count). The largest absolute Gasteiger partial charge is 0.517 e. The number of halogens is 6. The van der Waals surface area contributed by atoms with Crippen LogP contribution in [0.4, 0.5) is 17.1 Å². The van der Waals surface area contributed by atoms with Crippen LogP contribution in [-0.2, 0) is 76.1 Å². The van der Waals surface area contributed by atoms with Gasteiger partial charge in [-0.05, 0) is 133 Å². The van der Waals surface area contributed by atoms with E-state index < -0.39 is 40.6 Å². The third kappa shape index (κ3) is 27.0. The third-order valence-electron chi connectivity index (χ3n) is 20.6. The second-order valence-corrected chi connectivity index (χ2v) is 50.3. The molecule has 3 aliphatic heterocycles. The number of hydrogen-bond acceptors (Lipinski definition) is 6. The molecule has 3 saturated heterocycles. The molecule has 9 aromatic carbocycles. The average molecular weight is 1910 g/mol. The van der Waals surface area contributed by atoms with Crippen molar-refractivity contribution in [1.82, 2.24) is 0 Å². The number of anilines is 3. The monoisotopic (exact) mass is 1910 g/mol. The molecule has 0 bridgehead atoms. The Hall–Kier alpha value is -5.00. The second-order valence-electron chi connectivity index (χ2n) is 33.1. The normalized spacial score (nSPS) is 18.7. The van der Waals surface area contributed by atoms with E-state index in [1.807, 2.05) is 128 Å². The topological polar surface area (TPSA) is 37.4 Å². The number of aryl methyl sites for hydroxylation is 5. The van der Waals surface area contributed by atoms with Crippen LogP contribution in [0.15, 0.2) is 218 Å². The Bertz CT molecular complexity index is 4320. The van der Waals surface area contributed by atoms with Crippen molar-refractivity contribution < 1.29 is 54.8 Å². The molecule has 0 aliphatic carbocycles. The van der Waals surface area contributed by atoms with Gasteiger partial charge in [-0.15, -0.1) is 16.2 Å². The van der Waals surface area contributed by atoms with Crippen LogP contribution in [0.1, 0.15) is 230 Å². The zero-order valence-electron chi connectivity index (χ0n) is 70.7. The Morgan fingerprint density at radius 3 is 0.885 bits per heavy atom. The Labute approximate surface area is 721 Å². The summed E-state index contributed by atoms with van der Waals surface area (Å²) in [7, 11) is 34.9. The van der Waals surface area contributed by atoms with Crippen molar-refractivity contribution in [3.63, 3.8) is 0 Å². The molecule has 9 aromatic rings. The van der Waals surface area contributed by atoms with Gasteiger partial charge in [0.15, 0.2) is 0 Å². The van der Waals surface area contributed by atoms with E-state index in [0.29, 0.717) is 5.92 Å². The number of nitrogens with zero attached hydrogens (tertiary/aromatic N) is 3. The van der Waals surface area contributed by atoms with E-state index in [9.17, 15) is 0 Å². The van der Waals surface area contributed by atoms with E-state index in [-0.39, 0.29) is 51.2 Å². The molecule has 0 spiro atoms. The maximum Gasteiger partial charge on any atom is 0.0140 e. The van der Waals surface area contributed by atoms with Crippen molar-refractivity contribution in [2.45, 2.75) is 248 Å². The molecule has 0 N–H and O–H groups in total. The van der Waals surface area contributed by atoms with Crippen molar-refractivity contribution in [1.29, 1.82) is 0 Å². The third-order valence-corrected chi connectivity index (χ3v) is 26.1. The molecule has 3 unspecified atom stereocenters. The molecular weight excluding hydrogens is 1780 g/mol. The second kappa shape index (κ2) is 43.6. The summed E-state index contributed by atoms with van der Waals surface area (Å²) in [6, 6.07) is 76.3. The van der Waals surface area contributed by atoms with Crippen LogP contribution in [0.5, 0.6) is 17.2 Å². The van der Waals surface area contributed by atoms with Gasteiger partial charge in [0.25, 0.3) is 0 Å². The molecule has 0 saturated carbocycles. The fourth-order valence-electron chi connectivity index (χ4n) is 15.9. The molecule has 113 heavy (non-hydrogen) atoms. The van der Waals surface area contributed by atoms with E-state index in [0.717, 1.165) is 72.5 Å². The first-order valence-electron chi connectivity index (χ1n) is 39.5. The van der Waals surface area contributed by atoms with Gasteiger partial charge in [0, 0.05) is 33.7 Å². The maximum atomic E-state index is 5.82. The molecule has 3 atom stereocenters. The zero-order valence-corrected chi connectivity index (χ0v) is 80.4. The van der Waals surface area contributed by atoms with E-state index in [1.54, 1.807) is 0 Å². The van der Waals surface area contributed by atoms with Crippen LogP contribution in [0.25, 0.3) is 0 Å².